The fourth-order valence-electron chi connectivity index (χ4n) is 1.56. The van der Waals surface area contributed by atoms with Crippen LogP contribution in [0.1, 0.15) is 0 Å². The van der Waals surface area contributed by atoms with E-state index in [-0.39, 0.29) is 0 Å². The van der Waals surface area contributed by atoms with Crippen LogP contribution in [0.15, 0.2) is 54.6 Å². The second-order valence-electron chi connectivity index (χ2n) is 4.41. The molecule has 0 amide bonds. The molecular weight excluding hydrogens is 211 g/mol. The molecule has 0 spiro atoms. The van der Waals surface area contributed by atoms with E-state index in [2.05, 4.69) is 55.7 Å². The molecule has 0 nitrogen and oxygen atoms in total. The zero-order valence-corrected chi connectivity index (χ0v) is 11.0. The third kappa shape index (κ3) is 4.05. The Balaban J connectivity index is 2.63. The van der Waals surface area contributed by atoms with Crippen LogP contribution in [0.2, 0.25) is 0 Å². The van der Waals surface area contributed by atoms with E-state index in [0.29, 0.717) is 0 Å². The fraction of sp³-hybridized carbons (Fsp3) is 0.200. The topological polar surface area (TPSA) is 0 Å². The van der Waals surface area contributed by atoms with Gasteiger partial charge in [-0.15, -0.1) is 0 Å². The van der Waals surface area contributed by atoms with Gasteiger partial charge in [0.1, 0.15) is 0 Å². The van der Waals surface area contributed by atoms with Crippen LogP contribution in [0, 0.1) is 12.3 Å². The summed E-state index contributed by atoms with van der Waals surface area (Å²) in [6.07, 6.45) is 14.2. The molecule has 1 aromatic rings. The van der Waals surface area contributed by atoms with Crippen LogP contribution in [-0.2, 0) is 0 Å². The first-order valence-corrected chi connectivity index (χ1v) is 8.71. The number of benzene rings is 1. The monoisotopic (exact) mass is 230 g/mol. The van der Waals surface area contributed by atoms with Gasteiger partial charge < -0.3 is 0 Å². The van der Waals surface area contributed by atoms with Crippen molar-refractivity contribution in [2.45, 2.75) is 0 Å². The van der Waals surface area contributed by atoms with Crippen molar-refractivity contribution in [3.63, 3.8) is 0 Å². The molecule has 16 heavy (non-hydrogen) atoms. The third-order valence-corrected chi connectivity index (χ3v) is 5.78. The van der Waals surface area contributed by atoms with Gasteiger partial charge in [0.2, 0.25) is 0 Å². The fourth-order valence-corrected chi connectivity index (χ4v) is 3.62. The van der Waals surface area contributed by atoms with Crippen LogP contribution in [0.3, 0.4) is 0 Å². The first-order valence-electron chi connectivity index (χ1n) is 5.50. The van der Waals surface area contributed by atoms with Crippen LogP contribution in [0.4, 0.5) is 0 Å². The molecule has 84 valence electrons. The molecule has 0 unspecified atom stereocenters. The zero-order chi connectivity index (χ0) is 11.9. The van der Waals surface area contributed by atoms with E-state index >= 15 is 0 Å². The molecule has 0 aliphatic rings. The Kier molecular flexibility index (Phi) is 5.03. The number of hydrogen-bond acceptors (Lipinski definition) is 0. The Morgan fingerprint density at radius 2 is 1.88 bits per heavy atom. The molecule has 0 aromatic heterocycles. The molecule has 0 fully saturated rings. The molecule has 1 heteroatoms. The van der Waals surface area contributed by atoms with E-state index < -0.39 is 7.26 Å². The van der Waals surface area contributed by atoms with Crippen LogP contribution >= 0.6 is 7.26 Å². The maximum absolute atomic E-state index is 5.13. The van der Waals surface area contributed by atoms with Gasteiger partial charge in [0.15, 0.2) is 0 Å². The van der Waals surface area contributed by atoms with E-state index in [1.54, 1.807) is 6.08 Å². The van der Waals surface area contributed by atoms with Crippen molar-refractivity contribution in [1.82, 2.24) is 0 Å². The van der Waals surface area contributed by atoms with Crippen LogP contribution in [0.5, 0.6) is 0 Å². The van der Waals surface area contributed by atoms with Crippen LogP contribution in [-0.4, -0.2) is 19.5 Å². The van der Waals surface area contributed by atoms with Gasteiger partial charge in [-0.25, -0.2) is 0 Å². The molecule has 0 heterocycles. The maximum atomic E-state index is 5.13. The van der Waals surface area contributed by atoms with Crippen molar-refractivity contribution in [2.75, 3.05) is 19.5 Å². The average Bonchev–Trinajstić information content (AvgIpc) is 2.30. The normalized spacial score (nSPS) is 13.1. The predicted molar refractivity (Wildman–Crippen MR) is 78.2 cm³/mol. The van der Waals surface area contributed by atoms with E-state index in [9.17, 15) is 0 Å². The minimum atomic E-state index is -1.31. The summed E-state index contributed by atoms with van der Waals surface area (Å²) in [5.41, 5.74) is 0. The second-order valence-corrected chi connectivity index (χ2v) is 9.16. The molecular formula is C15H19P. The first kappa shape index (κ1) is 12.8. The first-order chi connectivity index (χ1) is 7.67. The summed E-state index contributed by atoms with van der Waals surface area (Å²) < 4.78 is 0. The number of hydrogen-bond donors (Lipinski definition) is 0. The van der Waals surface area contributed by atoms with Gasteiger partial charge in [-0.2, -0.15) is 0 Å². The summed E-state index contributed by atoms with van der Waals surface area (Å²) >= 11 is 0. The zero-order valence-electron chi connectivity index (χ0n) is 9.98. The average molecular weight is 230 g/mol. The Hall–Kier alpha value is -1.31. The van der Waals surface area contributed by atoms with Crippen molar-refractivity contribution in [3.05, 3.63) is 54.6 Å². The van der Waals surface area contributed by atoms with Gasteiger partial charge in [-0.05, 0) is 0 Å². The van der Waals surface area contributed by atoms with E-state index in [4.69, 9.17) is 6.42 Å². The Morgan fingerprint density at radius 3 is 2.50 bits per heavy atom. The van der Waals surface area contributed by atoms with Gasteiger partial charge in [-0.3, -0.25) is 0 Å². The van der Waals surface area contributed by atoms with Gasteiger partial charge in [0, 0.05) is 0 Å². The number of rotatable bonds is 4. The predicted octanol–water partition coefficient (Wildman–Crippen LogP) is 3.07. The molecule has 0 aliphatic heterocycles. The molecule has 1 aromatic carbocycles. The van der Waals surface area contributed by atoms with E-state index in [1.165, 1.54) is 5.30 Å². The molecule has 0 bridgehead atoms. The van der Waals surface area contributed by atoms with Crippen molar-refractivity contribution in [3.8, 4) is 12.3 Å². The number of terminal acetylenes is 1. The van der Waals surface area contributed by atoms with Crippen molar-refractivity contribution in [2.24, 2.45) is 0 Å². The molecule has 0 atom stereocenters. The van der Waals surface area contributed by atoms with Crippen molar-refractivity contribution < 1.29 is 0 Å². The molecule has 0 radical (unpaired) electrons. The third-order valence-electron chi connectivity index (χ3n) is 2.62. The van der Waals surface area contributed by atoms with Crippen LogP contribution in [0.25, 0.3) is 0 Å². The molecule has 0 aliphatic carbocycles. The summed E-state index contributed by atoms with van der Waals surface area (Å²) in [5.74, 6) is 2.48. The Morgan fingerprint density at radius 1 is 1.19 bits per heavy atom. The summed E-state index contributed by atoms with van der Waals surface area (Å²) in [4.78, 5) is 0. The van der Waals surface area contributed by atoms with E-state index in [0.717, 1.165) is 6.16 Å². The SMILES string of the molecule is C#C/C=C\C=C/C[PH](C)(C)c1ccccc1. The summed E-state index contributed by atoms with van der Waals surface area (Å²) in [6.45, 7) is 4.77. The van der Waals surface area contributed by atoms with Crippen LogP contribution < -0.4 is 5.30 Å². The van der Waals surface area contributed by atoms with Crippen molar-refractivity contribution >= 4 is 12.6 Å². The summed E-state index contributed by atoms with van der Waals surface area (Å²) in [6, 6.07) is 10.8. The van der Waals surface area contributed by atoms with Gasteiger partial charge >= 0.3 is 99.0 Å². The van der Waals surface area contributed by atoms with Crippen molar-refractivity contribution in [1.29, 1.82) is 0 Å². The Labute approximate surface area is 99.4 Å². The second kappa shape index (κ2) is 6.31. The Bertz CT molecular complexity index is 405. The molecule has 0 N–H and O–H groups in total. The summed E-state index contributed by atoms with van der Waals surface area (Å²) in [7, 11) is -1.31. The van der Waals surface area contributed by atoms with E-state index in [1.807, 2.05) is 12.2 Å². The summed E-state index contributed by atoms with van der Waals surface area (Å²) in [5, 5.41) is 1.50. The quantitative estimate of drug-likeness (QED) is 0.423. The molecule has 0 saturated heterocycles. The standard InChI is InChI=1S/C15H19P/c1-4-5-6-7-11-14-16(2,3)15-12-9-8-10-13-15/h1,5-13,16H,14H2,2-3H3/b6-5-,11-7-. The number of allylic oxidation sites excluding steroid dienone is 4. The minimum absolute atomic E-state index is 1.14. The van der Waals surface area contributed by atoms with Gasteiger partial charge in [0.25, 0.3) is 0 Å². The molecule has 1 rings (SSSR count). The van der Waals surface area contributed by atoms with Gasteiger partial charge in [-0.1, -0.05) is 0 Å². The van der Waals surface area contributed by atoms with Gasteiger partial charge in [0.05, 0.1) is 0 Å². The molecule has 0 saturated carbocycles.